The van der Waals surface area contributed by atoms with Gasteiger partial charge in [0.15, 0.2) is 0 Å². The summed E-state index contributed by atoms with van der Waals surface area (Å²) in [4.78, 5) is 2.56. The molecule has 0 aliphatic carbocycles. The first-order valence-electron chi connectivity index (χ1n) is 10.9. The van der Waals surface area contributed by atoms with Crippen molar-refractivity contribution in [1.82, 2.24) is 4.90 Å². The predicted octanol–water partition coefficient (Wildman–Crippen LogP) is 5.34. The summed E-state index contributed by atoms with van der Waals surface area (Å²) in [5.74, 6) is 0.892. The molecule has 1 aliphatic heterocycles. The first kappa shape index (κ1) is 20.9. The Morgan fingerprint density at radius 3 is 2.14 bits per heavy atom. The zero-order chi connectivity index (χ0) is 19.8. The molecule has 1 saturated heterocycles. The van der Waals surface area contributed by atoms with Crippen LogP contribution in [0, 0.1) is 0 Å². The van der Waals surface area contributed by atoms with E-state index in [4.69, 9.17) is 4.74 Å². The molecule has 0 aromatic heterocycles. The number of likely N-dealkylation sites (tertiary alicyclic amines) is 1. The summed E-state index contributed by atoms with van der Waals surface area (Å²) < 4.78 is 5.60. The highest BCUT2D eigenvalue weighted by Crippen LogP contribution is 2.41. The van der Waals surface area contributed by atoms with Gasteiger partial charge in [-0.3, -0.25) is 0 Å². The summed E-state index contributed by atoms with van der Waals surface area (Å²) in [6.07, 6.45) is 5.84. The molecule has 152 valence electrons. The van der Waals surface area contributed by atoms with Crippen molar-refractivity contribution in [3.8, 4) is 5.75 Å². The van der Waals surface area contributed by atoms with Crippen LogP contribution in [-0.4, -0.2) is 36.2 Å². The van der Waals surface area contributed by atoms with Crippen LogP contribution in [0.3, 0.4) is 0 Å². The van der Waals surface area contributed by atoms with Gasteiger partial charge in [0.1, 0.15) is 5.75 Å². The van der Waals surface area contributed by atoms with Gasteiger partial charge in [0.25, 0.3) is 0 Å². The van der Waals surface area contributed by atoms with Gasteiger partial charge in [0, 0.05) is 12.5 Å². The Morgan fingerprint density at radius 1 is 0.929 bits per heavy atom. The maximum atomic E-state index is 12.0. The van der Waals surface area contributed by atoms with Crippen LogP contribution in [-0.2, 0) is 5.60 Å². The summed E-state index contributed by atoms with van der Waals surface area (Å²) in [6.45, 7) is 7.89. The van der Waals surface area contributed by atoms with Crippen molar-refractivity contribution in [2.45, 2.75) is 57.5 Å². The van der Waals surface area contributed by atoms with E-state index in [9.17, 15) is 5.11 Å². The maximum Gasteiger partial charge on any atom is 0.119 e. The molecule has 3 rings (SSSR count). The van der Waals surface area contributed by atoms with Crippen molar-refractivity contribution in [2.24, 2.45) is 0 Å². The van der Waals surface area contributed by atoms with Gasteiger partial charge in [-0.05, 0) is 62.5 Å². The fourth-order valence-corrected chi connectivity index (χ4v) is 4.45. The third-order valence-corrected chi connectivity index (χ3v) is 6.12. The largest absolute Gasteiger partial charge is 0.494 e. The van der Waals surface area contributed by atoms with E-state index in [1.165, 1.54) is 31.2 Å². The molecule has 1 aliphatic rings. The SMILES string of the molecule is CCOc1ccc(C(O)(CC)C(CN2CCCCCC2)c2ccccc2)cc1. The summed E-state index contributed by atoms with van der Waals surface area (Å²) in [5, 5.41) is 12.0. The van der Waals surface area contributed by atoms with Gasteiger partial charge in [-0.2, -0.15) is 0 Å². The average molecular weight is 382 g/mol. The molecule has 0 spiro atoms. The van der Waals surface area contributed by atoms with E-state index < -0.39 is 5.60 Å². The molecule has 0 amide bonds. The molecule has 0 saturated carbocycles. The van der Waals surface area contributed by atoms with Crippen molar-refractivity contribution < 1.29 is 9.84 Å². The van der Waals surface area contributed by atoms with Crippen molar-refractivity contribution >= 4 is 0 Å². The van der Waals surface area contributed by atoms with E-state index in [2.05, 4.69) is 36.1 Å². The second-order valence-corrected chi connectivity index (χ2v) is 7.91. The van der Waals surface area contributed by atoms with Crippen LogP contribution in [0.2, 0.25) is 0 Å². The molecule has 1 heterocycles. The monoisotopic (exact) mass is 381 g/mol. The Kier molecular flexibility index (Phi) is 7.52. The van der Waals surface area contributed by atoms with Crippen LogP contribution in [0.5, 0.6) is 5.75 Å². The molecular weight excluding hydrogens is 346 g/mol. The van der Waals surface area contributed by atoms with Gasteiger partial charge >= 0.3 is 0 Å². The number of benzene rings is 2. The Labute approximate surface area is 170 Å². The summed E-state index contributed by atoms with van der Waals surface area (Å²) in [6, 6.07) is 18.6. The van der Waals surface area contributed by atoms with Crippen molar-refractivity contribution in [1.29, 1.82) is 0 Å². The third-order valence-electron chi connectivity index (χ3n) is 6.12. The zero-order valence-corrected chi connectivity index (χ0v) is 17.4. The highest BCUT2D eigenvalue weighted by atomic mass is 16.5. The average Bonchev–Trinajstić information content (AvgIpc) is 3.02. The third kappa shape index (κ3) is 4.95. The van der Waals surface area contributed by atoms with Crippen molar-refractivity contribution in [3.05, 3.63) is 65.7 Å². The fraction of sp³-hybridized carbons (Fsp3) is 0.520. The molecule has 28 heavy (non-hydrogen) atoms. The summed E-state index contributed by atoms with van der Waals surface area (Å²) >= 11 is 0. The number of hydrogen-bond donors (Lipinski definition) is 1. The highest BCUT2D eigenvalue weighted by Gasteiger charge is 2.39. The second-order valence-electron chi connectivity index (χ2n) is 7.91. The molecular formula is C25H35NO2. The van der Waals surface area contributed by atoms with Gasteiger partial charge in [-0.1, -0.05) is 62.2 Å². The van der Waals surface area contributed by atoms with Crippen LogP contribution >= 0.6 is 0 Å². The Hall–Kier alpha value is -1.84. The zero-order valence-electron chi connectivity index (χ0n) is 17.4. The molecule has 1 N–H and O–H groups in total. The minimum atomic E-state index is -0.904. The van der Waals surface area contributed by atoms with Crippen molar-refractivity contribution in [2.75, 3.05) is 26.2 Å². The predicted molar refractivity (Wildman–Crippen MR) is 116 cm³/mol. The standard InChI is InChI=1S/C25H35NO2/c1-3-25(27,22-14-16-23(17-15-22)28-4-2)24(21-12-8-7-9-13-21)20-26-18-10-5-6-11-19-26/h7-9,12-17,24,27H,3-6,10-11,18-20H2,1-2H3. The van der Waals surface area contributed by atoms with Crippen LogP contribution in [0.1, 0.15) is 63.0 Å². The summed E-state index contributed by atoms with van der Waals surface area (Å²) in [7, 11) is 0. The van der Waals surface area contributed by atoms with Gasteiger partial charge < -0.3 is 14.7 Å². The Bertz CT molecular complexity index is 692. The van der Waals surface area contributed by atoms with E-state index in [-0.39, 0.29) is 5.92 Å². The quantitative estimate of drug-likeness (QED) is 0.670. The molecule has 0 radical (unpaired) electrons. The van der Waals surface area contributed by atoms with E-state index >= 15 is 0 Å². The number of hydrogen-bond acceptors (Lipinski definition) is 3. The lowest BCUT2D eigenvalue weighted by Gasteiger charge is -2.39. The van der Waals surface area contributed by atoms with Gasteiger partial charge in [0.2, 0.25) is 0 Å². The number of ether oxygens (including phenoxy) is 1. The molecule has 2 aromatic carbocycles. The van der Waals surface area contributed by atoms with E-state index in [1.54, 1.807) is 0 Å². The first-order valence-corrected chi connectivity index (χ1v) is 10.9. The van der Waals surface area contributed by atoms with E-state index in [1.807, 2.05) is 37.3 Å². The maximum absolute atomic E-state index is 12.0. The minimum Gasteiger partial charge on any atom is -0.494 e. The molecule has 3 heteroatoms. The number of rotatable bonds is 8. The smallest absolute Gasteiger partial charge is 0.119 e. The molecule has 2 atom stereocenters. The lowest BCUT2D eigenvalue weighted by molar-refractivity contribution is -0.00854. The lowest BCUT2D eigenvalue weighted by atomic mass is 9.75. The minimum absolute atomic E-state index is 0.0368. The van der Waals surface area contributed by atoms with Gasteiger partial charge in [-0.25, -0.2) is 0 Å². The number of aliphatic hydroxyl groups is 1. The normalized spacial score (nSPS) is 18.8. The van der Waals surface area contributed by atoms with E-state index in [0.29, 0.717) is 13.0 Å². The molecule has 3 nitrogen and oxygen atoms in total. The second kappa shape index (κ2) is 10.1. The van der Waals surface area contributed by atoms with Crippen LogP contribution in [0.4, 0.5) is 0 Å². The fourth-order valence-electron chi connectivity index (χ4n) is 4.45. The van der Waals surface area contributed by atoms with Crippen molar-refractivity contribution in [3.63, 3.8) is 0 Å². The lowest BCUT2D eigenvalue weighted by Crippen LogP contribution is -2.41. The van der Waals surface area contributed by atoms with Gasteiger partial charge in [0.05, 0.1) is 12.2 Å². The Morgan fingerprint density at radius 2 is 1.57 bits per heavy atom. The summed E-state index contributed by atoms with van der Waals surface area (Å²) in [5.41, 5.74) is 1.28. The molecule has 1 fully saturated rings. The number of nitrogens with zero attached hydrogens (tertiary/aromatic N) is 1. The molecule has 2 unspecified atom stereocenters. The van der Waals surface area contributed by atoms with Crippen LogP contribution < -0.4 is 4.74 Å². The first-order chi connectivity index (χ1) is 13.7. The van der Waals surface area contributed by atoms with Crippen LogP contribution in [0.15, 0.2) is 54.6 Å². The van der Waals surface area contributed by atoms with Gasteiger partial charge in [-0.15, -0.1) is 0 Å². The van der Waals surface area contributed by atoms with E-state index in [0.717, 1.165) is 30.9 Å². The Balaban J connectivity index is 1.93. The topological polar surface area (TPSA) is 32.7 Å². The molecule has 0 bridgehead atoms. The molecule has 2 aromatic rings. The van der Waals surface area contributed by atoms with Crippen LogP contribution in [0.25, 0.3) is 0 Å². The highest BCUT2D eigenvalue weighted by molar-refractivity contribution is 5.35.